The van der Waals surface area contributed by atoms with Crippen molar-refractivity contribution in [3.63, 3.8) is 0 Å². The van der Waals surface area contributed by atoms with Gasteiger partial charge in [-0.1, -0.05) is 0 Å². The van der Waals surface area contributed by atoms with E-state index in [0.29, 0.717) is 0 Å². The Kier molecular flexibility index (Phi) is 4.39. The van der Waals surface area contributed by atoms with Crippen LogP contribution in [0.5, 0.6) is 0 Å². The molecule has 0 saturated carbocycles. The molecule has 0 radical (unpaired) electrons. The average Bonchev–Trinajstić information content (AvgIpc) is 2.92. The van der Waals surface area contributed by atoms with Crippen LogP contribution in [0.2, 0.25) is 0 Å². The summed E-state index contributed by atoms with van der Waals surface area (Å²) in [6.45, 7) is -0.482. The summed E-state index contributed by atoms with van der Waals surface area (Å²) in [4.78, 5) is 15.1. The van der Waals surface area contributed by atoms with Crippen LogP contribution in [0.3, 0.4) is 0 Å². The molecular formula is C10H15N5O5S. The minimum Gasteiger partial charge on any atom is -0.394 e. The monoisotopic (exact) mass is 317 g/mol. The van der Waals surface area contributed by atoms with Crippen molar-refractivity contribution < 1.29 is 24.9 Å². The molecule has 1 aliphatic heterocycles. The molecule has 2 heterocycles. The molecule has 116 valence electrons. The molecule has 21 heavy (non-hydrogen) atoms. The van der Waals surface area contributed by atoms with Crippen LogP contribution in [0.4, 0.5) is 5.82 Å². The van der Waals surface area contributed by atoms with Crippen molar-refractivity contribution in [2.24, 2.45) is 11.5 Å². The molecule has 0 bridgehead atoms. The van der Waals surface area contributed by atoms with Crippen molar-refractivity contribution in [3.8, 4) is 0 Å². The van der Waals surface area contributed by atoms with Gasteiger partial charge in [-0.2, -0.15) is 0 Å². The van der Waals surface area contributed by atoms with E-state index in [9.17, 15) is 15.0 Å². The van der Waals surface area contributed by atoms with Gasteiger partial charge in [-0.15, -0.1) is 0 Å². The number of ether oxygens (including phenoxy) is 1. The molecule has 1 amide bonds. The maximum atomic E-state index is 11.3. The van der Waals surface area contributed by atoms with Gasteiger partial charge in [0.1, 0.15) is 24.1 Å². The Morgan fingerprint density at radius 2 is 2.14 bits per heavy atom. The molecule has 0 unspecified atom stereocenters. The highest BCUT2D eigenvalue weighted by atomic mass is 32.1. The van der Waals surface area contributed by atoms with E-state index < -0.39 is 37.1 Å². The molecule has 1 fully saturated rings. The molecule has 0 aromatic carbocycles. The number of carbonyl (C=O) groups excluding carboxylic acids is 1. The van der Waals surface area contributed by atoms with Gasteiger partial charge in [0, 0.05) is 0 Å². The Labute approximate surface area is 124 Å². The van der Waals surface area contributed by atoms with Crippen LogP contribution in [0.15, 0.2) is 6.33 Å². The summed E-state index contributed by atoms with van der Waals surface area (Å²) in [6, 6.07) is 0. The maximum Gasteiger partial charge on any atom is 0.271 e. The van der Waals surface area contributed by atoms with Crippen LogP contribution >= 0.6 is 12.2 Å². The average molecular weight is 317 g/mol. The number of nitrogens with two attached hydrogens (primary N) is 2. The minimum absolute atomic E-state index is 0.0323. The molecule has 4 atom stereocenters. The number of thiocarbonyl (C=S) groups is 1. The number of amides is 1. The van der Waals surface area contributed by atoms with Crippen molar-refractivity contribution in [3.05, 3.63) is 12.0 Å². The first-order chi connectivity index (χ1) is 9.86. The van der Waals surface area contributed by atoms with Gasteiger partial charge in [0.25, 0.3) is 5.91 Å². The number of imidazole rings is 1. The lowest BCUT2D eigenvalue weighted by Gasteiger charge is -2.19. The number of anilines is 1. The smallest absolute Gasteiger partial charge is 0.271 e. The number of hydrogen-bond acceptors (Lipinski definition) is 7. The molecule has 11 heteroatoms. The van der Waals surface area contributed by atoms with E-state index in [1.807, 2.05) is 0 Å². The van der Waals surface area contributed by atoms with Gasteiger partial charge in [-0.05, 0) is 12.2 Å². The highest BCUT2D eigenvalue weighted by Crippen LogP contribution is 2.32. The molecule has 8 N–H and O–H groups in total. The standard InChI is InChI=1S/C10H15N5O5S/c11-7(19)4-8(14-10(12)21)15(2-13-4)9-6(18)5(17)3(1-16)20-9/h2-3,5-6,9,16-18H,1H2,(H2,11,19)(H3,12,14,21)/t3-,5-,6-,9-/m1/s1. The van der Waals surface area contributed by atoms with Crippen molar-refractivity contribution in [2.75, 3.05) is 11.9 Å². The molecular weight excluding hydrogens is 302 g/mol. The Bertz CT molecular complexity index is 564. The molecule has 0 spiro atoms. The van der Waals surface area contributed by atoms with Crippen molar-refractivity contribution >= 4 is 29.1 Å². The van der Waals surface area contributed by atoms with Gasteiger partial charge >= 0.3 is 0 Å². The van der Waals surface area contributed by atoms with Crippen LogP contribution in [0, 0.1) is 0 Å². The van der Waals surface area contributed by atoms with E-state index in [1.165, 1.54) is 10.9 Å². The topological polar surface area (TPSA) is 169 Å². The number of carbonyl (C=O) groups is 1. The fraction of sp³-hybridized carbons (Fsp3) is 0.500. The number of rotatable bonds is 4. The number of aliphatic hydroxyl groups is 3. The Balaban J connectivity index is 2.40. The first-order valence-corrected chi connectivity index (χ1v) is 6.33. The Morgan fingerprint density at radius 3 is 2.62 bits per heavy atom. The van der Waals surface area contributed by atoms with Gasteiger partial charge < -0.3 is 36.8 Å². The van der Waals surface area contributed by atoms with E-state index in [4.69, 9.17) is 33.5 Å². The number of hydrogen-bond donors (Lipinski definition) is 6. The predicted molar refractivity (Wildman–Crippen MR) is 74.2 cm³/mol. The zero-order valence-electron chi connectivity index (χ0n) is 10.7. The molecule has 1 saturated heterocycles. The molecule has 1 aliphatic rings. The SMILES string of the molecule is NC(=O)c1ncn([C@@H]2O[C@H](CO)[C@@H](O)[C@H]2O)c1NC(N)=S. The predicted octanol–water partition coefficient (Wildman–Crippen LogP) is -2.75. The summed E-state index contributed by atoms with van der Waals surface area (Å²) in [5.74, 6) is -0.802. The number of nitrogens with zero attached hydrogens (tertiary/aromatic N) is 2. The zero-order valence-corrected chi connectivity index (χ0v) is 11.5. The molecule has 2 rings (SSSR count). The van der Waals surface area contributed by atoms with Gasteiger partial charge in [0.2, 0.25) is 0 Å². The Morgan fingerprint density at radius 1 is 1.48 bits per heavy atom. The summed E-state index contributed by atoms with van der Waals surface area (Å²) in [5, 5.41) is 31.2. The highest BCUT2D eigenvalue weighted by Gasteiger charge is 2.44. The van der Waals surface area contributed by atoms with Gasteiger partial charge in [-0.25, -0.2) is 4.98 Å². The third kappa shape index (κ3) is 2.82. The van der Waals surface area contributed by atoms with E-state index in [1.54, 1.807) is 0 Å². The largest absolute Gasteiger partial charge is 0.394 e. The first kappa shape index (κ1) is 15.6. The third-order valence-corrected chi connectivity index (χ3v) is 3.16. The highest BCUT2D eigenvalue weighted by molar-refractivity contribution is 7.80. The van der Waals surface area contributed by atoms with Crippen LogP contribution in [-0.2, 0) is 4.74 Å². The molecule has 1 aromatic heterocycles. The second kappa shape index (κ2) is 5.91. The lowest BCUT2D eigenvalue weighted by atomic mass is 10.1. The molecule has 0 aliphatic carbocycles. The number of aromatic nitrogens is 2. The zero-order chi connectivity index (χ0) is 15.7. The summed E-state index contributed by atoms with van der Waals surface area (Å²) >= 11 is 4.70. The summed E-state index contributed by atoms with van der Waals surface area (Å²) in [6.07, 6.45) is -3.51. The van der Waals surface area contributed by atoms with E-state index in [2.05, 4.69) is 10.3 Å². The normalized spacial score (nSPS) is 28.5. The second-order valence-corrected chi connectivity index (χ2v) is 4.87. The van der Waals surface area contributed by atoms with Crippen LogP contribution < -0.4 is 16.8 Å². The van der Waals surface area contributed by atoms with Crippen molar-refractivity contribution in [1.29, 1.82) is 0 Å². The van der Waals surface area contributed by atoms with Gasteiger partial charge in [0.05, 0.1) is 12.9 Å². The third-order valence-electron chi connectivity index (χ3n) is 3.06. The fourth-order valence-corrected chi connectivity index (χ4v) is 2.18. The quantitative estimate of drug-likeness (QED) is 0.322. The number of primary amides is 1. The van der Waals surface area contributed by atoms with Crippen LogP contribution in [0.1, 0.15) is 16.7 Å². The Hall–Kier alpha value is -1.79. The van der Waals surface area contributed by atoms with Gasteiger partial charge in [-0.3, -0.25) is 9.36 Å². The number of nitrogens with one attached hydrogen (secondary N) is 1. The van der Waals surface area contributed by atoms with E-state index in [-0.39, 0.29) is 16.6 Å². The van der Waals surface area contributed by atoms with E-state index >= 15 is 0 Å². The number of aliphatic hydroxyl groups excluding tert-OH is 3. The van der Waals surface area contributed by atoms with E-state index in [0.717, 1.165) is 0 Å². The second-order valence-electron chi connectivity index (χ2n) is 4.43. The molecule has 1 aromatic rings. The van der Waals surface area contributed by atoms with Gasteiger partial charge in [0.15, 0.2) is 17.0 Å². The summed E-state index contributed by atoms with van der Waals surface area (Å²) < 4.78 is 6.56. The van der Waals surface area contributed by atoms with Crippen LogP contribution in [0.25, 0.3) is 0 Å². The van der Waals surface area contributed by atoms with Crippen molar-refractivity contribution in [1.82, 2.24) is 9.55 Å². The summed E-state index contributed by atoms with van der Waals surface area (Å²) in [5.41, 5.74) is 10.4. The van der Waals surface area contributed by atoms with Crippen LogP contribution in [-0.4, -0.2) is 60.8 Å². The first-order valence-electron chi connectivity index (χ1n) is 5.92. The summed E-state index contributed by atoms with van der Waals surface area (Å²) in [7, 11) is 0. The maximum absolute atomic E-state index is 11.3. The lowest BCUT2D eigenvalue weighted by molar-refractivity contribution is -0.0518. The molecule has 10 nitrogen and oxygen atoms in total. The lowest BCUT2D eigenvalue weighted by Crippen LogP contribution is -2.33. The minimum atomic E-state index is -1.34. The fourth-order valence-electron chi connectivity index (χ4n) is 2.08. The van der Waals surface area contributed by atoms with Crippen molar-refractivity contribution in [2.45, 2.75) is 24.5 Å².